The van der Waals surface area contributed by atoms with Crippen molar-refractivity contribution in [2.45, 2.75) is 68.6 Å². The summed E-state index contributed by atoms with van der Waals surface area (Å²) >= 11 is 23.1. The maximum absolute atomic E-state index is 13.8. The monoisotopic (exact) mass is 1230 g/mol. The number of aliphatic imine (C=N–C) groups is 1. The fraction of sp³-hybridized carbons (Fsp3) is 0.288. The van der Waals surface area contributed by atoms with Gasteiger partial charge in [0.25, 0.3) is 0 Å². The highest BCUT2D eigenvalue weighted by molar-refractivity contribution is 9.11. The molecule has 5 N–H and O–H groups in total. The number of aromatic nitrogens is 3. The van der Waals surface area contributed by atoms with E-state index in [1.807, 2.05) is 59.5 Å². The molecule has 2 unspecified atom stereocenters. The van der Waals surface area contributed by atoms with Gasteiger partial charge in [0.2, 0.25) is 0 Å². The number of ether oxygens (including phenoxy) is 4. The topological polar surface area (TPSA) is 259 Å². The number of benzene rings is 4. The molecule has 7 rings (SSSR count). The lowest BCUT2D eigenvalue weighted by Crippen LogP contribution is -2.37. The highest BCUT2D eigenvalue weighted by Gasteiger charge is 2.40. The van der Waals surface area contributed by atoms with Crippen molar-refractivity contribution in [2.75, 3.05) is 37.3 Å². The summed E-state index contributed by atoms with van der Waals surface area (Å²) in [5, 5.41) is 24.1. The third-order valence-corrected chi connectivity index (χ3v) is 15.1. The van der Waals surface area contributed by atoms with Crippen molar-refractivity contribution in [3.63, 3.8) is 0 Å². The van der Waals surface area contributed by atoms with Crippen molar-refractivity contribution < 1.29 is 47.1 Å². The highest BCUT2D eigenvalue weighted by atomic mass is 79.9. The van der Waals surface area contributed by atoms with Gasteiger partial charge in [0.05, 0.1) is 16.1 Å². The molecule has 0 spiro atoms. The summed E-state index contributed by atoms with van der Waals surface area (Å²) in [6.07, 6.45) is 0.885. The van der Waals surface area contributed by atoms with Crippen molar-refractivity contribution in [2.24, 2.45) is 4.99 Å². The van der Waals surface area contributed by atoms with Gasteiger partial charge in [0.1, 0.15) is 54.4 Å². The van der Waals surface area contributed by atoms with E-state index >= 15 is 0 Å². The predicted molar refractivity (Wildman–Crippen MR) is 298 cm³/mol. The van der Waals surface area contributed by atoms with Crippen LogP contribution >= 0.6 is 68.7 Å². The number of amidine groups is 1. The van der Waals surface area contributed by atoms with Gasteiger partial charge in [0.15, 0.2) is 17.3 Å². The van der Waals surface area contributed by atoms with Crippen LogP contribution in [-0.2, 0) is 43.6 Å². The Bertz CT molecular complexity index is 3160. The number of thiol groups is 2. The van der Waals surface area contributed by atoms with E-state index in [1.54, 1.807) is 31.2 Å². The molecule has 25 heteroatoms. The maximum Gasteiger partial charge on any atom is 0.407 e. The van der Waals surface area contributed by atoms with E-state index in [0.29, 0.717) is 34.1 Å². The second kappa shape index (κ2) is 28.0. The van der Waals surface area contributed by atoms with Crippen LogP contribution in [0.5, 0.6) is 11.5 Å². The Hall–Kier alpha value is -6.75. The van der Waals surface area contributed by atoms with Crippen LogP contribution in [0.15, 0.2) is 116 Å². The fourth-order valence-electron chi connectivity index (χ4n) is 7.91. The Labute approximate surface area is 474 Å². The third kappa shape index (κ3) is 16.2. The van der Waals surface area contributed by atoms with E-state index in [-0.39, 0.29) is 103 Å². The molecule has 402 valence electrons. The number of hydrogen-bond donors (Lipinski definition) is 6. The highest BCUT2D eigenvalue weighted by Crippen LogP contribution is 2.38. The van der Waals surface area contributed by atoms with Crippen LogP contribution in [0.4, 0.5) is 20.7 Å². The van der Waals surface area contributed by atoms with Gasteiger partial charge in [-0.3, -0.25) is 19.3 Å². The lowest BCUT2D eigenvalue weighted by Gasteiger charge is -2.24. The molecule has 0 bridgehead atoms. The molecule has 4 atom stereocenters. The first-order valence-electron chi connectivity index (χ1n) is 23.8. The van der Waals surface area contributed by atoms with Crippen molar-refractivity contribution in [3.8, 4) is 28.7 Å². The van der Waals surface area contributed by atoms with E-state index in [9.17, 15) is 28.8 Å². The number of rotatable bonds is 21. The maximum atomic E-state index is 13.8. The van der Waals surface area contributed by atoms with Crippen molar-refractivity contribution in [3.05, 3.63) is 145 Å². The number of amides is 3. The van der Waals surface area contributed by atoms with Crippen LogP contribution in [0, 0.1) is 17.1 Å². The first-order chi connectivity index (χ1) is 37.1. The number of carbonyl (C=O) groups excluding carboxylic acids is 4. The zero-order chi connectivity index (χ0) is 55.0. The number of likely N-dealkylation sites (tertiary alicyclic amines) is 1. The van der Waals surface area contributed by atoms with Crippen molar-refractivity contribution in [1.82, 2.24) is 30.8 Å². The minimum absolute atomic E-state index is 0.0241. The number of alkyl carbamates (subject to hydrolysis) is 1. The summed E-state index contributed by atoms with van der Waals surface area (Å²) in [7, 11) is 0. The smallest absolute Gasteiger partial charge is 0.407 e. The zero-order valence-electron chi connectivity index (χ0n) is 41.0. The Morgan fingerprint density at radius 2 is 1.70 bits per heavy atom. The normalized spacial score (nSPS) is 15.2. The van der Waals surface area contributed by atoms with Gasteiger partial charge in [0, 0.05) is 76.6 Å². The summed E-state index contributed by atoms with van der Waals surface area (Å²) < 4.78 is 43.5. The molecule has 0 saturated carbocycles. The van der Waals surface area contributed by atoms with Gasteiger partial charge in [-0.05, 0) is 115 Å². The SMILES string of the molecule is CCOC(=O)[C@@H]1C[C@H](OC(=O)NCCC(S)C(S)CCNC(=O)C(=O)/N=C(\Nc2ccc(F)c(Br)c2)c2nonc2N)CN1Cc1cc(Cl)c(OCc2cccc(-c3ccccc3)c2Br)cc1OCc1ccnc(C#N)c1. The van der Waals surface area contributed by atoms with Crippen molar-refractivity contribution in [1.29, 1.82) is 5.26 Å². The van der Waals surface area contributed by atoms with E-state index < -0.39 is 41.8 Å². The molecule has 1 saturated heterocycles. The summed E-state index contributed by atoms with van der Waals surface area (Å²) in [5.41, 5.74) is 10.4. The average Bonchev–Trinajstić information content (AvgIpc) is 4.04. The van der Waals surface area contributed by atoms with E-state index in [2.05, 4.69) is 98.0 Å². The fourth-order valence-corrected chi connectivity index (χ4v) is 9.70. The van der Waals surface area contributed by atoms with E-state index in [4.69, 9.17) is 36.3 Å². The van der Waals surface area contributed by atoms with Crippen LogP contribution in [0.1, 0.15) is 54.3 Å². The number of nitrogens with two attached hydrogens (primary N) is 1. The molecule has 1 aliphatic rings. The van der Waals surface area contributed by atoms with Crippen LogP contribution in [0.25, 0.3) is 11.1 Å². The molecule has 2 aromatic heterocycles. The summed E-state index contributed by atoms with van der Waals surface area (Å²) in [6.45, 7) is 2.55. The first-order valence-corrected chi connectivity index (χ1v) is 26.8. The molecule has 3 heterocycles. The summed E-state index contributed by atoms with van der Waals surface area (Å²) in [4.78, 5) is 62.0. The largest absolute Gasteiger partial charge is 0.488 e. The molecule has 3 amide bonds. The number of carbonyl (C=O) groups is 4. The first kappa shape index (κ1) is 57.9. The number of halogens is 4. The van der Waals surface area contributed by atoms with E-state index in [0.717, 1.165) is 21.2 Å². The molecule has 0 radical (unpaired) electrons. The van der Waals surface area contributed by atoms with Gasteiger partial charge in [-0.25, -0.2) is 18.8 Å². The lowest BCUT2D eigenvalue weighted by molar-refractivity contribution is -0.148. The summed E-state index contributed by atoms with van der Waals surface area (Å²) in [5.74, 6) is -2.99. The van der Waals surface area contributed by atoms with Crippen LogP contribution in [-0.4, -0.2) is 98.8 Å². The Morgan fingerprint density at radius 1 is 0.948 bits per heavy atom. The molecule has 77 heavy (non-hydrogen) atoms. The van der Waals surface area contributed by atoms with Gasteiger partial charge in [-0.1, -0.05) is 60.1 Å². The zero-order valence-corrected chi connectivity index (χ0v) is 46.7. The van der Waals surface area contributed by atoms with Crippen molar-refractivity contribution >= 4 is 110 Å². The van der Waals surface area contributed by atoms with Gasteiger partial charge in [-0.15, -0.1) is 0 Å². The number of nitriles is 1. The molecule has 0 aliphatic carbocycles. The number of esters is 1. The Morgan fingerprint density at radius 3 is 2.42 bits per heavy atom. The van der Waals surface area contributed by atoms with E-state index in [1.165, 1.54) is 24.4 Å². The number of nitrogen functional groups attached to an aromatic ring is 1. The number of pyridine rings is 1. The summed E-state index contributed by atoms with van der Waals surface area (Å²) in [6, 6.07) is 27.8. The Kier molecular flexibility index (Phi) is 21.1. The number of nitrogens with one attached hydrogen (secondary N) is 3. The lowest BCUT2D eigenvalue weighted by atomic mass is 10.0. The number of anilines is 2. The predicted octanol–water partition coefficient (Wildman–Crippen LogP) is 8.87. The Balaban J connectivity index is 0.937. The molecular formula is C52H50Br2ClFN10O9S2. The van der Waals surface area contributed by atoms with Crippen LogP contribution in [0.2, 0.25) is 5.02 Å². The third-order valence-electron chi connectivity index (χ3n) is 11.8. The second-order valence-electron chi connectivity index (χ2n) is 17.1. The minimum atomic E-state index is -1.20. The number of hydrogen-bond acceptors (Lipinski definition) is 17. The minimum Gasteiger partial charge on any atom is -0.488 e. The second-order valence-corrected chi connectivity index (χ2v) is 20.5. The van der Waals surface area contributed by atoms with Gasteiger partial charge < -0.3 is 40.6 Å². The quantitative estimate of drug-likeness (QED) is 0.0129. The molecular weight excluding hydrogens is 1190 g/mol. The molecule has 1 fully saturated rings. The van der Waals surface area contributed by atoms with Crippen LogP contribution in [0.3, 0.4) is 0 Å². The molecule has 1 aliphatic heterocycles. The number of nitrogens with zero attached hydrogens (tertiary/aromatic N) is 6. The van der Waals surface area contributed by atoms with Crippen LogP contribution < -0.4 is 31.2 Å². The van der Waals surface area contributed by atoms with Gasteiger partial charge in [-0.2, -0.15) is 35.5 Å². The standard InChI is InChI=1S/C52H50Br2ClFN10O9S2/c1-2-71-51(69)40-22-35(74-52(70)61-18-15-44(77)43(76)14-17-60-49(67)50(68)63-48(46-47(58)65-75-64-46)62-33-11-12-39(56)37(53)21-33)26-66(40)25-32-20-38(55)42(23-41(32)72-27-29-13-16-59-34(19-29)24-57)73-28-31-9-6-10-36(45(31)54)30-7-4-3-5-8-30/h3-13,16,19-21,23,35,40,43-44,76-77H,2,14-15,17-18,22,25-28H2,1H3,(H2,58,65)(H,60,67)(H,61,70)(H,62,63,68)/t35-,40-,43?,44?/m0/s1. The molecule has 19 nitrogen and oxygen atoms in total. The molecule has 6 aromatic rings. The van der Waals surface area contributed by atoms with Gasteiger partial charge >= 0.3 is 23.9 Å². The average molecular weight is 1240 g/mol. The molecule has 4 aromatic carbocycles.